The minimum absolute atomic E-state index is 0.362. The van der Waals surface area contributed by atoms with Crippen molar-refractivity contribution in [2.45, 2.75) is 58.7 Å². The van der Waals surface area contributed by atoms with Crippen molar-refractivity contribution in [3.05, 3.63) is 64.8 Å². The van der Waals surface area contributed by atoms with Crippen molar-refractivity contribution in [1.29, 1.82) is 0 Å². The molecule has 4 rings (SSSR count). The van der Waals surface area contributed by atoms with Crippen LogP contribution in [0.5, 0.6) is 5.75 Å². The van der Waals surface area contributed by atoms with Gasteiger partial charge in [0.2, 0.25) is 0 Å². The number of aromatic carboxylic acids is 1. The third-order valence-corrected chi connectivity index (χ3v) is 6.62. The number of nitrogens with one attached hydrogen (secondary N) is 1. The van der Waals surface area contributed by atoms with E-state index in [1.165, 1.54) is 18.4 Å². The number of aromatic nitrogens is 1. The first-order valence-corrected chi connectivity index (χ1v) is 11.2. The number of fused-ring (bicyclic) bond motifs is 1. The highest BCUT2D eigenvalue weighted by molar-refractivity contribution is 5.98. The van der Waals surface area contributed by atoms with Gasteiger partial charge in [-0.25, -0.2) is 4.79 Å². The zero-order valence-corrected chi connectivity index (χ0v) is 18.6. The van der Waals surface area contributed by atoms with Crippen LogP contribution in [-0.4, -0.2) is 28.8 Å². The Labute approximate surface area is 184 Å². The topological polar surface area (TPSA) is 63.5 Å². The van der Waals surface area contributed by atoms with E-state index >= 15 is 0 Å². The van der Waals surface area contributed by atoms with Crippen molar-refractivity contribution in [2.24, 2.45) is 5.92 Å². The number of nitrogens with zero attached hydrogens (tertiary/aromatic N) is 1. The Kier molecular flexibility index (Phi) is 6.33. The smallest absolute Gasteiger partial charge is 0.352 e. The van der Waals surface area contributed by atoms with Crippen LogP contribution < -0.4 is 10.1 Å². The summed E-state index contributed by atoms with van der Waals surface area (Å²) in [6.07, 6.45) is 4.77. The van der Waals surface area contributed by atoms with Gasteiger partial charge in [-0.05, 0) is 56.2 Å². The minimum Gasteiger partial charge on any atom is -0.497 e. The highest BCUT2D eigenvalue weighted by Gasteiger charge is 2.24. The van der Waals surface area contributed by atoms with E-state index in [9.17, 15) is 9.90 Å². The Morgan fingerprint density at radius 1 is 1.13 bits per heavy atom. The second-order valence-electron chi connectivity index (χ2n) is 8.92. The Hall–Kier alpha value is -2.79. The Bertz CT molecular complexity index is 1060. The molecule has 1 aromatic heterocycles. The van der Waals surface area contributed by atoms with Crippen LogP contribution >= 0.6 is 0 Å². The van der Waals surface area contributed by atoms with E-state index in [-0.39, 0.29) is 0 Å². The highest BCUT2D eigenvalue weighted by atomic mass is 16.5. The molecule has 5 heteroatoms. The van der Waals surface area contributed by atoms with Crippen LogP contribution in [-0.2, 0) is 13.1 Å². The summed E-state index contributed by atoms with van der Waals surface area (Å²) in [6.45, 7) is 5.43. The summed E-state index contributed by atoms with van der Waals surface area (Å²) in [5.41, 5.74) is 4.38. The van der Waals surface area contributed by atoms with Crippen LogP contribution in [0.2, 0.25) is 0 Å². The van der Waals surface area contributed by atoms with E-state index in [1.54, 1.807) is 7.11 Å². The lowest BCUT2D eigenvalue weighted by Crippen LogP contribution is -2.32. The molecule has 0 radical (unpaired) electrons. The van der Waals surface area contributed by atoms with Gasteiger partial charge in [0, 0.05) is 36.1 Å². The standard InChI is InChI=1S/C26H32N2O3/c1-17-4-8-19(9-5-17)16-28-24-14-21(31-3)12-13-22(24)23(25(28)26(29)30)15-27-20-10-6-18(2)7-11-20/h4-5,8-9,12-14,18,20,27H,6-7,10-11,15-16H2,1-3H3,(H,29,30). The summed E-state index contributed by atoms with van der Waals surface area (Å²) in [4.78, 5) is 12.4. The lowest BCUT2D eigenvalue weighted by molar-refractivity contribution is 0.0684. The zero-order chi connectivity index (χ0) is 22.0. The molecular weight excluding hydrogens is 388 g/mol. The van der Waals surface area contributed by atoms with E-state index in [0.717, 1.165) is 46.5 Å². The molecule has 2 N–H and O–H groups in total. The SMILES string of the molecule is COc1ccc2c(CNC3CCC(C)CC3)c(C(=O)O)n(Cc3ccc(C)cc3)c2c1. The fourth-order valence-corrected chi connectivity index (χ4v) is 4.70. The maximum Gasteiger partial charge on any atom is 0.352 e. The second kappa shape index (κ2) is 9.15. The van der Waals surface area contributed by atoms with Crippen LogP contribution in [0.15, 0.2) is 42.5 Å². The molecule has 164 valence electrons. The van der Waals surface area contributed by atoms with Gasteiger partial charge in [-0.15, -0.1) is 0 Å². The predicted molar refractivity (Wildman–Crippen MR) is 124 cm³/mol. The van der Waals surface area contributed by atoms with Crippen LogP contribution in [0.4, 0.5) is 0 Å². The molecule has 1 heterocycles. The van der Waals surface area contributed by atoms with Gasteiger partial charge in [-0.1, -0.05) is 36.8 Å². The number of carboxylic acids is 1. The van der Waals surface area contributed by atoms with Crippen molar-refractivity contribution in [1.82, 2.24) is 9.88 Å². The number of aryl methyl sites for hydroxylation is 1. The molecule has 0 atom stereocenters. The third-order valence-electron chi connectivity index (χ3n) is 6.62. The zero-order valence-electron chi connectivity index (χ0n) is 18.6. The van der Waals surface area contributed by atoms with Crippen molar-refractivity contribution in [3.63, 3.8) is 0 Å². The first kappa shape index (κ1) is 21.4. The molecule has 0 spiro atoms. The highest BCUT2D eigenvalue weighted by Crippen LogP contribution is 2.31. The number of methoxy groups -OCH3 is 1. The fourth-order valence-electron chi connectivity index (χ4n) is 4.70. The molecule has 0 aliphatic heterocycles. The third kappa shape index (κ3) is 4.62. The number of carboxylic acid groups (broad SMARTS) is 1. The summed E-state index contributed by atoms with van der Waals surface area (Å²) in [5.74, 6) is 0.626. The van der Waals surface area contributed by atoms with E-state index in [1.807, 2.05) is 22.8 Å². The maximum atomic E-state index is 12.4. The Balaban J connectivity index is 1.74. The second-order valence-corrected chi connectivity index (χ2v) is 8.92. The van der Waals surface area contributed by atoms with Crippen molar-refractivity contribution in [3.8, 4) is 5.75 Å². The van der Waals surface area contributed by atoms with Crippen molar-refractivity contribution >= 4 is 16.9 Å². The lowest BCUT2D eigenvalue weighted by Gasteiger charge is -2.27. The Morgan fingerprint density at radius 3 is 2.48 bits per heavy atom. The van der Waals surface area contributed by atoms with Crippen molar-refractivity contribution < 1.29 is 14.6 Å². The molecule has 1 aliphatic rings. The summed E-state index contributed by atoms with van der Waals surface area (Å²) in [5, 5.41) is 14.8. The van der Waals surface area contributed by atoms with E-state index in [0.29, 0.717) is 24.8 Å². The molecular formula is C26H32N2O3. The van der Waals surface area contributed by atoms with Gasteiger partial charge in [0.1, 0.15) is 11.4 Å². The van der Waals surface area contributed by atoms with Crippen LogP contribution in [0.25, 0.3) is 10.9 Å². The molecule has 31 heavy (non-hydrogen) atoms. The fraction of sp³-hybridized carbons (Fsp3) is 0.423. The van der Waals surface area contributed by atoms with Gasteiger partial charge in [0.05, 0.1) is 12.6 Å². The predicted octanol–water partition coefficient (Wildman–Crippen LogP) is 5.37. The largest absolute Gasteiger partial charge is 0.497 e. The molecule has 1 aliphatic carbocycles. The lowest BCUT2D eigenvalue weighted by atomic mass is 9.87. The molecule has 0 amide bonds. The summed E-state index contributed by atoms with van der Waals surface area (Å²) in [7, 11) is 1.64. The normalized spacial score (nSPS) is 18.9. The number of hydrogen-bond donors (Lipinski definition) is 2. The van der Waals surface area contributed by atoms with Crippen LogP contribution in [0, 0.1) is 12.8 Å². The van der Waals surface area contributed by atoms with Gasteiger partial charge < -0.3 is 19.7 Å². The van der Waals surface area contributed by atoms with Gasteiger partial charge in [0.15, 0.2) is 0 Å². The summed E-state index contributed by atoms with van der Waals surface area (Å²) >= 11 is 0. The van der Waals surface area contributed by atoms with Gasteiger partial charge in [0.25, 0.3) is 0 Å². The van der Waals surface area contributed by atoms with Gasteiger partial charge >= 0.3 is 5.97 Å². The molecule has 0 bridgehead atoms. The average molecular weight is 421 g/mol. The van der Waals surface area contributed by atoms with Gasteiger partial charge in [-0.2, -0.15) is 0 Å². The number of ether oxygens (including phenoxy) is 1. The molecule has 0 saturated heterocycles. The van der Waals surface area contributed by atoms with E-state index in [2.05, 4.69) is 43.4 Å². The first-order valence-electron chi connectivity index (χ1n) is 11.2. The van der Waals surface area contributed by atoms with Crippen LogP contribution in [0.3, 0.4) is 0 Å². The first-order chi connectivity index (χ1) is 15.0. The number of rotatable bonds is 7. The molecule has 3 aromatic rings. The quantitative estimate of drug-likeness (QED) is 0.539. The molecule has 5 nitrogen and oxygen atoms in total. The average Bonchev–Trinajstić information content (AvgIpc) is 3.07. The molecule has 1 fully saturated rings. The minimum atomic E-state index is -0.892. The van der Waals surface area contributed by atoms with Crippen molar-refractivity contribution in [2.75, 3.05) is 7.11 Å². The number of carbonyl (C=O) groups is 1. The monoisotopic (exact) mass is 420 g/mol. The number of hydrogen-bond acceptors (Lipinski definition) is 3. The van der Waals surface area contributed by atoms with Gasteiger partial charge in [-0.3, -0.25) is 0 Å². The summed E-state index contributed by atoms with van der Waals surface area (Å²) in [6, 6.07) is 14.6. The number of benzene rings is 2. The van der Waals surface area contributed by atoms with E-state index in [4.69, 9.17) is 4.74 Å². The summed E-state index contributed by atoms with van der Waals surface area (Å²) < 4.78 is 7.36. The van der Waals surface area contributed by atoms with Crippen LogP contribution in [0.1, 0.15) is 59.8 Å². The molecule has 1 saturated carbocycles. The van der Waals surface area contributed by atoms with E-state index < -0.39 is 5.97 Å². The molecule has 0 unspecified atom stereocenters. The molecule has 2 aromatic carbocycles. The maximum absolute atomic E-state index is 12.4. The Morgan fingerprint density at radius 2 is 1.84 bits per heavy atom.